The molecule has 4 aromatic rings. The van der Waals surface area contributed by atoms with Gasteiger partial charge >= 0.3 is 0 Å². The van der Waals surface area contributed by atoms with Gasteiger partial charge in [0.2, 0.25) is 17.1 Å². The minimum atomic E-state index is -0.103. The van der Waals surface area contributed by atoms with Gasteiger partial charge in [0, 0.05) is 5.69 Å². The summed E-state index contributed by atoms with van der Waals surface area (Å²) in [6.07, 6.45) is 1.69. The molecule has 0 aliphatic rings. The molecule has 9 heteroatoms. The highest BCUT2D eigenvalue weighted by Crippen LogP contribution is 2.31. The number of nitrogens with zero attached hydrogens (tertiary/aromatic N) is 6. The van der Waals surface area contributed by atoms with Gasteiger partial charge in [-0.3, -0.25) is 0 Å². The molecule has 28 heavy (non-hydrogen) atoms. The van der Waals surface area contributed by atoms with E-state index in [-0.39, 0.29) is 11.2 Å². The summed E-state index contributed by atoms with van der Waals surface area (Å²) >= 11 is 1.46. The van der Waals surface area contributed by atoms with Crippen LogP contribution >= 0.6 is 11.8 Å². The Labute approximate surface area is 166 Å². The number of thioether (sulfide) groups is 1. The van der Waals surface area contributed by atoms with Crippen LogP contribution in [0.3, 0.4) is 0 Å². The Morgan fingerprint density at radius 1 is 0.964 bits per heavy atom. The molecular formula is C19H18N8S. The third kappa shape index (κ3) is 4.26. The summed E-state index contributed by atoms with van der Waals surface area (Å²) in [5.41, 5.74) is 7.71. The fourth-order valence-electron chi connectivity index (χ4n) is 2.52. The highest BCUT2D eigenvalue weighted by Gasteiger charge is 2.16. The number of hydrogen-bond donors (Lipinski definition) is 2. The lowest BCUT2D eigenvalue weighted by Gasteiger charge is -2.10. The van der Waals surface area contributed by atoms with Crippen LogP contribution < -0.4 is 11.1 Å². The second kappa shape index (κ2) is 8.05. The van der Waals surface area contributed by atoms with Gasteiger partial charge in [0.1, 0.15) is 12.2 Å². The van der Waals surface area contributed by atoms with Gasteiger partial charge in [0.25, 0.3) is 0 Å². The molecule has 0 amide bonds. The number of para-hydroxylation sites is 2. The third-order valence-corrected chi connectivity index (χ3v) is 4.80. The Morgan fingerprint density at radius 3 is 2.43 bits per heavy atom. The molecule has 4 rings (SSSR count). The van der Waals surface area contributed by atoms with Gasteiger partial charge in [0.15, 0.2) is 0 Å². The van der Waals surface area contributed by atoms with Crippen molar-refractivity contribution in [3.05, 3.63) is 72.8 Å². The number of anilines is 3. The number of hydrogen-bond acceptors (Lipinski definition) is 8. The molecule has 0 aliphatic carbocycles. The first-order chi connectivity index (χ1) is 13.7. The first kappa shape index (κ1) is 17.9. The molecule has 2 heterocycles. The Hall–Kier alpha value is -3.46. The van der Waals surface area contributed by atoms with E-state index in [2.05, 4.69) is 30.4 Å². The van der Waals surface area contributed by atoms with Gasteiger partial charge in [-0.05, 0) is 31.2 Å². The predicted octanol–water partition coefficient (Wildman–Crippen LogP) is 3.63. The highest BCUT2D eigenvalue weighted by atomic mass is 32.2. The number of nitrogen functional groups attached to an aromatic ring is 1. The second-order valence-electron chi connectivity index (χ2n) is 5.93. The Bertz CT molecular complexity index is 1050. The average Bonchev–Trinajstić information content (AvgIpc) is 3.17. The van der Waals surface area contributed by atoms with E-state index < -0.39 is 0 Å². The van der Waals surface area contributed by atoms with Crippen molar-refractivity contribution < 1.29 is 0 Å². The molecule has 0 aliphatic heterocycles. The minimum Gasteiger partial charge on any atom is -0.368 e. The molecule has 0 bridgehead atoms. The molecule has 2 aromatic carbocycles. The highest BCUT2D eigenvalue weighted by molar-refractivity contribution is 7.99. The smallest absolute Gasteiger partial charge is 0.232 e. The molecule has 0 radical (unpaired) electrons. The number of nitrogens with one attached hydrogen (secondary N) is 1. The molecule has 2 aromatic heterocycles. The first-order valence-corrected chi connectivity index (χ1v) is 9.52. The monoisotopic (exact) mass is 390 g/mol. The maximum atomic E-state index is 5.88. The molecule has 1 unspecified atom stereocenters. The zero-order valence-corrected chi connectivity index (χ0v) is 15.9. The van der Waals surface area contributed by atoms with E-state index in [0.29, 0.717) is 16.9 Å². The summed E-state index contributed by atoms with van der Waals surface area (Å²) in [7, 11) is 0. The van der Waals surface area contributed by atoms with E-state index in [1.54, 1.807) is 11.0 Å². The van der Waals surface area contributed by atoms with Gasteiger partial charge in [-0.1, -0.05) is 48.2 Å². The Balaban J connectivity index is 1.50. The van der Waals surface area contributed by atoms with Gasteiger partial charge in [-0.2, -0.15) is 15.0 Å². The normalized spacial score (nSPS) is 11.9. The van der Waals surface area contributed by atoms with Crippen LogP contribution in [-0.2, 0) is 0 Å². The molecule has 0 fully saturated rings. The van der Waals surface area contributed by atoms with E-state index in [1.807, 2.05) is 67.6 Å². The van der Waals surface area contributed by atoms with Crippen LogP contribution in [0.15, 0.2) is 72.1 Å². The maximum Gasteiger partial charge on any atom is 0.232 e. The van der Waals surface area contributed by atoms with Gasteiger partial charge < -0.3 is 11.1 Å². The van der Waals surface area contributed by atoms with Crippen LogP contribution in [0.25, 0.3) is 5.69 Å². The molecular weight excluding hydrogens is 372 g/mol. The van der Waals surface area contributed by atoms with Crippen molar-refractivity contribution in [1.82, 2.24) is 29.7 Å². The lowest BCUT2D eigenvalue weighted by molar-refractivity contribution is 0.827. The Kier molecular flexibility index (Phi) is 5.16. The molecule has 1 atom stereocenters. The van der Waals surface area contributed by atoms with E-state index >= 15 is 0 Å². The van der Waals surface area contributed by atoms with Crippen LogP contribution in [0.1, 0.15) is 18.0 Å². The van der Waals surface area contributed by atoms with E-state index in [1.165, 1.54) is 11.8 Å². The second-order valence-corrected chi connectivity index (χ2v) is 7.24. The number of aromatic nitrogens is 6. The summed E-state index contributed by atoms with van der Waals surface area (Å²) in [4.78, 5) is 17.3. The topological polar surface area (TPSA) is 107 Å². The zero-order chi connectivity index (χ0) is 19.3. The quantitative estimate of drug-likeness (QED) is 0.481. The predicted molar refractivity (Wildman–Crippen MR) is 110 cm³/mol. The Morgan fingerprint density at radius 2 is 1.68 bits per heavy atom. The molecule has 3 N–H and O–H groups in total. The van der Waals surface area contributed by atoms with E-state index in [0.717, 1.165) is 11.4 Å². The van der Waals surface area contributed by atoms with Crippen molar-refractivity contribution in [3.8, 4) is 5.69 Å². The molecule has 140 valence electrons. The van der Waals surface area contributed by atoms with Crippen LogP contribution in [0.4, 0.5) is 17.6 Å². The average molecular weight is 390 g/mol. The van der Waals surface area contributed by atoms with Crippen LogP contribution in [-0.4, -0.2) is 29.7 Å². The molecule has 0 saturated carbocycles. The van der Waals surface area contributed by atoms with Crippen molar-refractivity contribution >= 4 is 29.3 Å². The third-order valence-electron chi connectivity index (χ3n) is 3.84. The van der Waals surface area contributed by atoms with Crippen LogP contribution in [0.5, 0.6) is 0 Å². The molecule has 8 nitrogen and oxygen atoms in total. The number of rotatable bonds is 6. The number of benzene rings is 2. The van der Waals surface area contributed by atoms with Crippen molar-refractivity contribution in [2.45, 2.75) is 17.3 Å². The van der Waals surface area contributed by atoms with Gasteiger partial charge in [-0.15, -0.1) is 5.10 Å². The summed E-state index contributed by atoms with van der Waals surface area (Å²) in [6.45, 7) is 1.98. The van der Waals surface area contributed by atoms with Crippen LogP contribution in [0, 0.1) is 0 Å². The van der Waals surface area contributed by atoms with Crippen molar-refractivity contribution in [3.63, 3.8) is 0 Å². The van der Waals surface area contributed by atoms with Gasteiger partial charge in [0.05, 0.1) is 10.9 Å². The number of nitrogens with two attached hydrogens (primary N) is 1. The summed E-state index contributed by atoms with van der Waals surface area (Å²) in [6, 6.07) is 19.5. The summed E-state index contributed by atoms with van der Waals surface area (Å²) < 4.78 is 1.74. The fourth-order valence-corrected chi connectivity index (χ4v) is 3.29. The first-order valence-electron chi connectivity index (χ1n) is 8.64. The van der Waals surface area contributed by atoms with E-state index in [4.69, 9.17) is 5.73 Å². The fraction of sp³-hybridized carbons (Fsp3) is 0.105. The van der Waals surface area contributed by atoms with Crippen molar-refractivity contribution in [1.29, 1.82) is 0 Å². The van der Waals surface area contributed by atoms with E-state index in [9.17, 15) is 0 Å². The van der Waals surface area contributed by atoms with Crippen LogP contribution in [0.2, 0.25) is 0 Å². The lowest BCUT2D eigenvalue weighted by Crippen LogP contribution is -2.08. The largest absolute Gasteiger partial charge is 0.368 e. The molecule has 0 saturated heterocycles. The molecule has 0 spiro atoms. The summed E-state index contributed by atoms with van der Waals surface area (Å²) in [5.74, 6) is 1.13. The minimum absolute atomic E-state index is 0.103. The lowest BCUT2D eigenvalue weighted by atomic mass is 10.3. The van der Waals surface area contributed by atoms with Crippen molar-refractivity contribution in [2.75, 3.05) is 11.1 Å². The van der Waals surface area contributed by atoms with Gasteiger partial charge in [-0.25, -0.2) is 9.67 Å². The maximum absolute atomic E-state index is 5.88. The SMILES string of the molecule is CC(Sc1ncn(-c2ccccc2)n1)c1nc(N)nc(Nc2ccccc2)n1. The van der Waals surface area contributed by atoms with Crippen molar-refractivity contribution in [2.24, 2.45) is 0 Å². The summed E-state index contributed by atoms with van der Waals surface area (Å²) in [5, 5.41) is 8.18. The zero-order valence-electron chi connectivity index (χ0n) is 15.1. The standard InChI is InChI=1S/C19H18N8S/c1-13(28-19-21-12-27(26-19)15-10-6-3-7-11-15)16-23-17(20)25-18(24-16)22-14-8-4-2-5-9-14/h2-13H,1H3,(H3,20,22,23,24,25).